The highest BCUT2D eigenvalue weighted by atomic mass is 16.5. The molecule has 1 heterocycles. The van der Waals surface area contributed by atoms with Crippen molar-refractivity contribution in [2.75, 3.05) is 18.5 Å². The molecule has 1 saturated carbocycles. The summed E-state index contributed by atoms with van der Waals surface area (Å²) in [4.78, 5) is 8.63. The van der Waals surface area contributed by atoms with Crippen molar-refractivity contribution in [1.29, 1.82) is 0 Å². The predicted molar refractivity (Wildman–Crippen MR) is 76.4 cm³/mol. The average Bonchev–Trinajstić information content (AvgIpc) is 2.38. The fourth-order valence-electron chi connectivity index (χ4n) is 2.49. The number of hydrogen-bond acceptors (Lipinski definition) is 5. The van der Waals surface area contributed by atoms with E-state index in [0.717, 1.165) is 31.0 Å². The molecule has 1 aromatic heterocycles. The Labute approximate surface area is 115 Å². The van der Waals surface area contributed by atoms with Crippen molar-refractivity contribution in [3.05, 3.63) is 11.9 Å². The quantitative estimate of drug-likeness (QED) is 0.852. The molecule has 0 atom stereocenters. The van der Waals surface area contributed by atoms with Gasteiger partial charge in [0.2, 0.25) is 5.88 Å². The van der Waals surface area contributed by atoms with Gasteiger partial charge in [0.1, 0.15) is 11.6 Å². The second-order valence-electron chi connectivity index (χ2n) is 5.23. The molecule has 106 valence electrons. The zero-order chi connectivity index (χ0) is 13.7. The van der Waals surface area contributed by atoms with Crippen molar-refractivity contribution in [2.24, 2.45) is 11.7 Å². The maximum atomic E-state index is 5.92. The number of aromatic nitrogens is 2. The summed E-state index contributed by atoms with van der Waals surface area (Å²) in [6.07, 6.45) is 4.69. The molecule has 0 aliphatic heterocycles. The van der Waals surface area contributed by atoms with Gasteiger partial charge in [0.25, 0.3) is 0 Å². The van der Waals surface area contributed by atoms with Crippen LogP contribution in [0.2, 0.25) is 0 Å². The molecular weight excluding hydrogens is 240 g/mol. The second-order valence-corrected chi connectivity index (χ2v) is 5.23. The third-order valence-corrected chi connectivity index (χ3v) is 3.57. The molecule has 1 aromatic rings. The van der Waals surface area contributed by atoms with Crippen LogP contribution in [0.4, 0.5) is 5.82 Å². The van der Waals surface area contributed by atoms with Crippen LogP contribution in [0.15, 0.2) is 6.07 Å². The molecule has 0 spiro atoms. The Hall–Kier alpha value is -1.36. The van der Waals surface area contributed by atoms with Crippen molar-refractivity contribution >= 4 is 5.82 Å². The van der Waals surface area contributed by atoms with E-state index in [9.17, 15) is 0 Å². The Kier molecular flexibility index (Phi) is 4.96. The summed E-state index contributed by atoms with van der Waals surface area (Å²) in [6, 6.07) is 2.27. The summed E-state index contributed by atoms with van der Waals surface area (Å²) in [6.45, 7) is 5.41. The summed E-state index contributed by atoms with van der Waals surface area (Å²) >= 11 is 0. The van der Waals surface area contributed by atoms with Crippen LogP contribution in [0.25, 0.3) is 0 Å². The first-order valence-electron chi connectivity index (χ1n) is 7.15. The molecule has 1 aliphatic carbocycles. The topological polar surface area (TPSA) is 73.1 Å². The minimum atomic E-state index is 0.405. The molecule has 0 radical (unpaired) electrons. The van der Waals surface area contributed by atoms with Crippen LogP contribution in [0.1, 0.15) is 38.4 Å². The van der Waals surface area contributed by atoms with Crippen LogP contribution < -0.4 is 15.8 Å². The van der Waals surface area contributed by atoms with Gasteiger partial charge in [-0.05, 0) is 45.4 Å². The Bertz CT molecular complexity index is 402. The summed E-state index contributed by atoms with van der Waals surface area (Å²) < 4.78 is 5.43. The Balaban J connectivity index is 1.88. The van der Waals surface area contributed by atoms with Gasteiger partial charge in [0.05, 0.1) is 6.61 Å². The highest BCUT2D eigenvalue weighted by molar-refractivity contribution is 5.38. The molecule has 19 heavy (non-hydrogen) atoms. The number of anilines is 1. The molecule has 0 unspecified atom stereocenters. The molecule has 5 nitrogen and oxygen atoms in total. The molecule has 0 amide bonds. The van der Waals surface area contributed by atoms with Crippen LogP contribution in [-0.2, 0) is 0 Å². The number of hydrogen-bond donors (Lipinski definition) is 2. The van der Waals surface area contributed by atoms with Gasteiger partial charge in [-0.2, -0.15) is 4.98 Å². The third kappa shape index (κ3) is 4.35. The zero-order valence-corrected chi connectivity index (χ0v) is 11.9. The van der Waals surface area contributed by atoms with Crippen LogP contribution in [0, 0.1) is 12.8 Å². The number of nitrogens with two attached hydrogens (primary N) is 1. The number of nitrogens with zero attached hydrogens (tertiary/aromatic N) is 2. The van der Waals surface area contributed by atoms with Gasteiger partial charge in [-0.15, -0.1) is 0 Å². The Morgan fingerprint density at radius 1 is 1.32 bits per heavy atom. The summed E-state index contributed by atoms with van der Waals surface area (Å²) in [5.41, 5.74) is 5.92. The fourth-order valence-corrected chi connectivity index (χ4v) is 2.49. The summed E-state index contributed by atoms with van der Waals surface area (Å²) in [5, 5.41) is 3.40. The van der Waals surface area contributed by atoms with E-state index in [1.54, 1.807) is 0 Å². The van der Waals surface area contributed by atoms with Gasteiger partial charge in [-0.25, -0.2) is 4.98 Å². The standard InChI is InChI=1S/C14H24N4O/c1-3-19-14-8-13(17-10(2)18-14)16-9-11-4-6-12(15)7-5-11/h8,11-12H,3-7,9,15H2,1-2H3,(H,16,17,18). The van der Waals surface area contributed by atoms with Gasteiger partial charge >= 0.3 is 0 Å². The largest absolute Gasteiger partial charge is 0.478 e. The normalized spacial score (nSPS) is 23.1. The number of aryl methyl sites for hydroxylation is 1. The SMILES string of the molecule is CCOc1cc(NCC2CCC(N)CC2)nc(C)n1. The van der Waals surface area contributed by atoms with Gasteiger partial charge in [-0.1, -0.05) is 0 Å². The smallest absolute Gasteiger partial charge is 0.218 e. The fraction of sp³-hybridized carbons (Fsp3) is 0.714. The Morgan fingerprint density at radius 2 is 2.05 bits per heavy atom. The first-order chi connectivity index (χ1) is 9.17. The molecule has 0 bridgehead atoms. The van der Waals surface area contributed by atoms with Crippen LogP contribution in [0.3, 0.4) is 0 Å². The van der Waals surface area contributed by atoms with Crippen LogP contribution in [0.5, 0.6) is 5.88 Å². The molecule has 3 N–H and O–H groups in total. The molecule has 1 aliphatic rings. The van der Waals surface area contributed by atoms with E-state index in [1.165, 1.54) is 12.8 Å². The molecule has 1 fully saturated rings. The number of rotatable bonds is 5. The highest BCUT2D eigenvalue weighted by Crippen LogP contribution is 2.23. The van der Waals surface area contributed by atoms with Gasteiger partial charge in [0.15, 0.2) is 0 Å². The molecule has 0 saturated heterocycles. The summed E-state index contributed by atoms with van der Waals surface area (Å²) in [5.74, 6) is 2.93. The van der Waals surface area contributed by atoms with Crippen LogP contribution >= 0.6 is 0 Å². The van der Waals surface area contributed by atoms with E-state index in [2.05, 4.69) is 15.3 Å². The maximum Gasteiger partial charge on any atom is 0.218 e. The van der Waals surface area contributed by atoms with E-state index in [4.69, 9.17) is 10.5 Å². The van der Waals surface area contributed by atoms with Crippen LogP contribution in [-0.4, -0.2) is 29.2 Å². The lowest BCUT2D eigenvalue weighted by atomic mass is 9.86. The van der Waals surface area contributed by atoms with Crippen molar-refractivity contribution in [1.82, 2.24) is 9.97 Å². The van der Waals surface area contributed by atoms with Gasteiger partial charge in [0, 0.05) is 18.7 Å². The van der Waals surface area contributed by atoms with Crippen molar-refractivity contribution in [3.63, 3.8) is 0 Å². The van der Waals surface area contributed by atoms with Crippen molar-refractivity contribution in [2.45, 2.75) is 45.6 Å². The third-order valence-electron chi connectivity index (χ3n) is 3.57. The van der Waals surface area contributed by atoms with E-state index in [1.807, 2.05) is 19.9 Å². The molecule has 0 aromatic carbocycles. The van der Waals surface area contributed by atoms with Crippen molar-refractivity contribution in [3.8, 4) is 5.88 Å². The predicted octanol–water partition coefficient (Wildman–Crippen LogP) is 2.11. The summed E-state index contributed by atoms with van der Waals surface area (Å²) in [7, 11) is 0. The van der Waals surface area contributed by atoms with E-state index in [-0.39, 0.29) is 0 Å². The van der Waals surface area contributed by atoms with Gasteiger partial charge < -0.3 is 15.8 Å². The molecule has 5 heteroatoms. The molecule has 2 rings (SSSR count). The van der Waals surface area contributed by atoms with Crippen molar-refractivity contribution < 1.29 is 4.74 Å². The first kappa shape index (κ1) is 14.1. The highest BCUT2D eigenvalue weighted by Gasteiger charge is 2.18. The minimum absolute atomic E-state index is 0.405. The van der Waals surface area contributed by atoms with E-state index in [0.29, 0.717) is 24.4 Å². The second kappa shape index (κ2) is 6.70. The number of ether oxygens (including phenoxy) is 1. The van der Waals surface area contributed by atoms with E-state index >= 15 is 0 Å². The lowest BCUT2D eigenvalue weighted by Gasteiger charge is -2.26. The first-order valence-corrected chi connectivity index (χ1v) is 7.15. The Morgan fingerprint density at radius 3 is 2.74 bits per heavy atom. The lowest BCUT2D eigenvalue weighted by molar-refractivity contribution is 0.325. The maximum absolute atomic E-state index is 5.92. The molecular formula is C14H24N4O. The minimum Gasteiger partial charge on any atom is -0.478 e. The average molecular weight is 264 g/mol. The monoisotopic (exact) mass is 264 g/mol. The van der Waals surface area contributed by atoms with E-state index < -0.39 is 0 Å². The lowest BCUT2D eigenvalue weighted by Crippen LogP contribution is -2.29. The zero-order valence-electron chi connectivity index (χ0n) is 11.9. The number of nitrogens with one attached hydrogen (secondary N) is 1. The van der Waals surface area contributed by atoms with Gasteiger partial charge in [-0.3, -0.25) is 0 Å².